The van der Waals surface area contributed by atoms with Gasteiger partial charge in [-0.25, -0.2) is 8.42 Å². The van der Waals surface area contributed by atoms with Crippen LogP contribution in [0.2, 0.25) is 0 Å². The highest BCUT2D eigenvalue weighted by Crippen LogP contribution is 2.27. The van der Waals surface area contributed by atoms with Gasteiger partial charge in [-0.1, -0.05) is 6.92 Å². The lowest BCUT2D eigenvalue weighted by Gasteiger charge is -2.11. The van der Waals surface area contributed by atoms with Crippen LogP contribution in [0.5, 0.6) is 11.5 Å². The van der Waals surface area contributed by atoms with Crippen LogP contribution in [0, 0.1) is 0 Å². The van der Waals surface area contributed by atoms with Gasteiger partial charge in [0, 0.05) is 16.9 Å². The zero-order chi connectivity index (χ0) is 23.8. The summed E-state index contributed by atoms with van der Waals surface area (Å²) in [6, 6.07) is 17.7. The Labute approximate surface area is 202 Å². The van der Waals surface area contributed by atoms with Crippen molar-refractivity contribution in [3.63, 3.8) is 0 Å². The molecule has 0 aliphatic carbocycles. The monoisotopic (exact) mass is 532 g/mol. The highest BCUT2D eigenvalue weighted by atomic mass is 79.9. The number of anilines is 2. The molecule has 0 aromatic heterocycles. The third kappa shape index (κ3) is 6.72. The predicted octanol–water partition coefficient (Wildman–Crippen LogP) is 5.69. The first-order valence-corrected chi connectivity index (χ1v) is 12.7. The fourth-order valence-corrected chi connectivity index (χ4v) is 4.44. The van der Waals surface area contributed by atoms with Crippen LogP contribution in [0.4, 0.5) is 11.4 Å². The standard InChI is InChI=1S/C24H25BrN2O5S/c1-3-15-32-23-14-5-17(16-22(23)25)24(28)26-18-8-12-21(13-9-18)33(29,30)27-19-6-10-20(11-7-19)31-4-2/h5-14,16,27H,3-4,15H2,1-2H3,(H,26,28). The highest BCUT2D eigenvalue weighted by molar-refractivity contribution is 9.10. The molecule has 0 saturated heterocycles. The Hall–Kier alpha value is -3.04. The van der Waals surface area contributed by atoms with Crippen molar-refractivity contribution in [1.82, 2.24) is 0 Å². The maximum absolute atomic E-state index is 12.7. The number of amides is 1. The first kappa shape index (κ1) is 24.6. The Bertz CT molecular complexity index is 1200. The maximum atomic E-state index is 12.7. The summed E-state index contributed by atoms with van der Waals surface area (Å²) in [4.78, 5) is 12.7. The van der Waals surface area contributed by atoms with E-state index in [4.69, 9.17) is 9.47 Å². The van der Waals surface area contributed by atoms with Gasteiger partial charge in [0.1, 0.15) is 11.5 Å². The Morgan fingerprint density at radius 2 is 1.58 bits per heavy atom. The number of nitrogens with one attached hydrogen (secondary N) is 2. The van der Waals surface area contributed by atoms with E-state index in [1.54, 1.807) is 54.6 Å². The molecular weight excluding hydrogens is 508 g/mol. The van der Waals surface area contributed by atoms with Gasteiger partial charge in [0.2, 0.25) is 0 Å². The van der Waals surface area contributed by atoms with Gasteiger partial charge in [0.25, 0.3) is 15.9 Å². The summed E-state index contributed by atoms with van der Waals surface area (Å²) in [6.45, 7) is 5.01. The van der Waals surface area contributed by atoms with Crippen LogP contribution in [-0.4, -0.2) is 27.5 Å². The first-order chi connectivity index (χ1) is 15.8. The molecule has 1 amide bonds. The Balaban J connectivity index is 1.65. The highest BCUT2D eigenvalue weighted by Gasteiger charge is 2.15. The van der Waals surface area contributed by atoms with E-state index in [-0.39, 0.29) is 10.8 Å². The van der Waals surface area contributed by atoms with Crippen LogP contribution in [0.3, 0.4) is 0 Å². The minimum absolute atomic E-state index is 0.0783. The van der Waals surface area contributed by atoms with Crippen molar-refractivity contribution < 1.29 is 22.7 Å². The molecule has 2 N–H and O–H groups in total. The summed E-state index contributed by atoms with van der Waals surface area (Å²) >= 11 is 3.42. The van der Waals surface area contributed by atoms with Gasteiger partial charge in [-0.3, -0.25) is 9.52 Å². The second-order valence-electron chi connectivity index (χ2n) is 7.04. The second kappa shape index (κ2) is 11.2. The average molecular weight is 533 g/mol. The van der Waals surface area contributed by atoms with Gasteiger partial charge in [-0.2, -0.15) is 0 Å². The lowest BCUT2D eigenvalue weighted by Crippen LogP contribution is -2.14. The molecule has 0 heterocycles. The maximum Gasteiger partial charge on any atom is 0.261 e. The molecule has 7 nitrogen and oxygen atoms in total. The minimum Gasteiger partial charge on any atom is -0.494 e. The molecule has 0 aliphatic rings. The molecule has 0 atom stereocenters. The van der Waals surface area contributed by atoms with Crippen molar-refractivity contribution in [3.8, 4) is 11.5 Å². The summed E-state index contributed by atoms with van der Waals surface area (Å²) < 4.78 is 39.5. The van der Waals surface area contributed by atoms with Gasteiger partial charge < -0.3 is 14.8 Å². The largest absolute Gasteiger partial charge is 0.494 e. The summed E-state index contributed by atoms with van der Waals surface area (Å²) in [5.74, 6) is 1.01. The van der Waals surface area contributed by atoms with Crippen molar-refractivity contribution in [1.29, 1.82) is 0 Å². The lowest BCUT2D eigenvalue weighted by molar-refractivity contribution is 0.102. The number of rotatable bonds is 10. The molecule has 0 aliphatic heterocycles. The van der Waals surface area contributed by atoms with Crippen molar-refractivity contribution in [3.05, 3.63) is 76.8 Å². The lowest BCUT2D eigenvalue weighted by atomic mass is 10.2. The van der Waals surface area contributed by atoms with Gasteiger partial charge >= 0.3 is 0 Å². The molecular formula is C24H25BrN2O5S. The zero-order valence-electron chi connectivity index (χ0n) is 18.3. The normalized spacial score (nSPS) is 11.0. The van der Waals surface area contributed by atoms with Crippen molar-refractivity contribution in [2.45, 2.75) is 25.2 Å². The molecule has 0 bridgehead atoms. The van der Waals surface area contributed by atoms with Crippen LogP contribution in [0.25, 0.3) is 0 Å². The molecule has 33 heavy (non-hydrogen) atoms. The van der Waals surface area contributed by atoms with Gasteiger partial charge in [-0.15, -0.1) is 0 Å². The molecule has 0 saturated carbocycles. The zero-order valence-corrected chi connectivity index (χ0v) is 20.7. The van der Waals surface area contributed by atoms with E-state index in [2.05, 4.69) is 26.0 Å². The first-order valence-electron chi connectivity index (χ1n) is 10.4. The second-order valence-corrected chi connectivity index (χ2v) is 9.57. The number of carbonyl (C=O) groups is 1. The fraction of sp³-hybridized carbons (Fsp3) is 0.208. The Morgan fingerprint density at radius 1 is 0.909 bits per heavy atom. The van der Waals surface area contributed by atoms with E-state index >= 15 is 0 Å². The van der Waals surface area contributed by atoms with Gasteiger partial charge in [-0.05, 0) is 96.0 Å². The topological polar surface area (TPSA) is 93.7 Å². The quantitative estimate of drug-likeness (QED) is 0.349. The average Bonchev–Trinajstić information content (AvgIpc) is 2.80. The third-order valence-corrected chi connectivity index (χ3v) is 6.51. The van der Waals surface area contributed by atoms with E-state index in [1.807, 2.05) is 13.8 Å². The smallest absolute Gasteiger partial charge is 0.261 e. The number of sulfonamides is 1. The van der Waals surface area contributed by atoms with Crippen molar-refractivity contribution >= 4 is 43.2 Å². The molecule has 0 radical (unpaired) electrons. The van der Waals surface area contributed by atoms with Crippen LogP contribution < -0.4 is 19.5 Å². The van der Waals surface area contributed by atoms with E-state index in [0.717, 1.165) is 6.42 Å². The van der Waals surface area contributed by atoms with E-state index < -0.39 is 10.0 Å². The third-order valence-electron chi connectivity index (χ3n) is 4.50. The number of benzene rings is 3. The molecule has 0 spiro atoms. The summed E-state index contributed by atoms with van der Waals surface area (Å²) in [7, 11) is -3.78. The summed E-state index contributed by atoms with van der Waals surface area (Å²) in [5, 5.41) is 2.76. The van der Waals surface area contributed by atoms with Gasteiger partial charge in [0.05, 0.1) is 22.6 Å². The van der Waals surface area contributed by atoms with E-state index in [9.17, 15) is 13.2 Å². The van der Waals surface area contributed by atoms with Crippen molar-refractivity contribution in [2.75, 3.05) is 23.3 Å². The summed E-state index contributed by atoms with van der Waals surface area (Å²) in [6.07, 6.45) is 0.885. The molecule has 9 heteroatoms. The van der Waals surface area contributed by atoms with E-state index in [1.165, 1.54) is 12.1 Å². The van der Waals surface area contributed by atoms with E-state index in [0.29, 0.717) is 46.1 Å². The Kier molecular flexibility index (Phi) is 8.35. The fourth-order valence-electron chi connectivity index (χ4n) is 2.89. The minimum atomic E-state index is -3.78. The van der Waals surface area contributed by atoms with Crippen LogP contribution >= 0.6 is 15.9 Å². The molecule has 0 fully saturated rings. The molecule has 0 unspecified atom stereocenters. The number of hydrogen-bond donors (Lipinski definition) is 2. The van der Waals surface area contributed by atoms with Gasteiger partial charge in [0.15, 0.2) is 0 Å². The predicted molar refractivity (Wildman–Crippen MR) is 133 cm³/mol. The molecule has 3 rings (SSSR count). The number of hydrogen-bond acceptors (Lipinski definition) is 5. The van der Waals surface area contributed by atoms with Crippen LogP contribution in [0.1, 0.15) is 30.6 Å². The molecule has 3 aromatic carbocycles. The number of halogens is 1. The number of carbonyl (C=O) groups excluding carboxylic acids is 1. The Morgan fingerprint density at radius 3 is 2.18 bits per heavy atom. The SMILES string of the molecule is CCCOc1ccc(C(=O)Nc2ccc(S(=O)(=O)Nc3ccc(OCC)cc3)cc2)cc1Br. The molecule has 3 aromatic rings. The van der Waals surface area contributed by atoms with Crippen LogP contribution in [-0.2, 0) is 10.0 Å². The molecule has 174 valence electrons. The number of ether oxygens (including phenoxy) is 2. The van der Waals surface area contributed by atoms with Crippen LogP contribution in [0.15, 0.2) is 76.1 Å². The van der Waals surface area contributed by atoms with Crippen molar-refractivity contribution in [2.24, 2.45) is 0 Å². The summed E-state index contributed by atoms with van der Waals surface area (Å²) in [5.41, 5.74) is 1.34.